The Kier molecular flexibility index (Phi) is 3.97. The van der Waals surface area contributed by atoms with Gasteiger partial charge in [0.05, 0.1) is 10.7 Å². The van der Waals surface area contributed by atoms with Gasteiger partial charge in [0.1, 0.15) is 4.88 Å². The van der Waals surface area contributed by atoms with Crippen LogP contribution in [0.15, 0.2) is 0 Å². The molecule has 0 unspecified atom stereocenters. The summed E-state index contributed by atoms with van der Waals surface area (Å²) in [6.45, 7) is 2.97. The van der Waals surface area contributed by atoms with Gasteiger partial charge in [0.25, 0.3) is 5.91 Å². The molecule has 4 heteroatoms. The molecule has 2 aliphatic carbocycles. The smallest absolute Gasteiger partial charge is 0.266 e. The van der Waals surface area contributed by atoms with Gasteiger partial charge in [-0.15, -0.1) is 11.3 Å². The van der Waals surface area contributed by atoms with Crippen molar-refractivity contribution in [1.82, 2.24) is 9.88 Å². The van der Waals surface area contributed by atoms with Gasteiger partial charge in [-0.05, 0) is 57.3 Å². The Morgan fingerprint density at radius 2 is 1.95 bits per heavy atom. The predicted molar refractivity (Wildman–Crippen MR) is 89.3 cm³/mol. The van der Waals surface area contributed by atoms with Crippen LogP contribution in [0.2, 0.25) is 0 Å². The summed E-state index contributed by atoms with van der Waals surface area (Å²) in [5, 5.41) is 1.18. The molecule has 22 heavy (non-hydrogen) atoms. The Hall–Kier alpha value is -0.900. The van der Waals surface area contributed by atoms with Crippen molar-refractivity contribution >= 4 is 17.2 Å². The van der Waals surface area contributed by atoms with E-state index in [1.807, 2.05) is 6.92 Å². The lowest BCUT2D eigenvalue weighted by Crippen LogP contribution is -2.39. The van der Waals surface area contributed by atoms with Crippen molar-refractivity contribution in [2.24, 2.45) is 11.8 Å². The molecule has 2 saturated carbocycles. The van der Waals surface area contributed by atoms with Gasteiger partial charge in [-0.25, -0.2) is 4.98 Å². The van der Waals surface area contributed by atoms with Crippen LogP contribution >= 0.6 is 11.3 Å². The SMILES string of the molecule is Cc1nc(CC2CC2)sc1C(=O)N1CCC[C@@H]1C1CCCC1. The van der Waals surface area contributed by atoms with E-state index in [0.29, 0.717) is 6.04 Å². The summed E-state index contributed by atoms with van der Waals surface area (Å²) in [4.78, 5) is 20.8. The third kappa shape index (κ3) is 2.82. The van der Waals surface area contributed by atoms with Crippen molar-refractivity contribution in [3.63, 3.8) is 0 Å². The lowest BCUT2D eigenvalue weighted by molar-refractivity contribution is 0.0693. The zero-order valence-corrected chi connectivity index (χ0v) is 14.3. The number of aryl methyl sites for hydroxylation is 1. The molecule has 3 fully saturated rings. The maximum atomic E-state index is 13.0. The molecule has 4 rings (SSSR count). The quantitative estimate of drug-likeness (QED) is 0.833. The number of thiazole rings is 1. The number of hydrogen-bond acceptors (Lipinski definition) is 3. The molecule has 3 aliphatic rings. The summed E-state index contributed by atoms with van der Waals surface area (Å²) in [6, 6.07) is 0.503. The number of carbonyl (C=O) groups excluding carboxylic acids is 1. The summed E-state index contributed by atoms with van der Waals surface area (Å²) in [5.74, 6) is 1.86. The van der Waals surface area contributed by atoms with Gasteiger partial charge in [-0.2, -0.15) is 0 Å². The molecule has 1 atom stereocenters. The van der Waals surface area contributed by atoms with E-state index in [1.54, 1.807) is 11.3 Å². The summed E-state index contributed by atoms with van der Waals surface area (Å²) in [6.07, 6.45) is 11.5. The summed E-state index contributed by atoms with van der Waals surface area (Å²) in [7, 11) is 0. The van der Waals surface area contributed by atoms with Crippen molar-refractivity contribution < 1.29 is 4.79 Å². The topological polar surface area (TPSA) is 33.2 Å². The number of aromatic nitrogens is 1. The van der Waals surface area contributed by atoms with Crippen LogP contribution in [0.25, 0.3) is 0 Å². The number of rotatable bonds is 4. The van der Waals surface area contributed by atoms with Crippen molar-refractivity contribution in [2.45, 2.75) is 70.8 Å². The minimum atomic E-state index is 0.270. The van der Waals surface area contributed by atoms with Crippen molar-refractivity contribution in [2.75, 3.05) is 6.54 Å². The fourth-order valence-corrected chi connectivity index (χ4v) is 5.45. The zero-order chi connectivity index (χ0) is 15.1. The first-order valence-corrected chi connectivity index (χ1v) is 9.81. The van der Waals surface area contributed by atoms with E-state index in [1.165, 1.54) is 56.4 Å². The number of amides is 1. The summed E-state index contributed by atoms with van der Waals surface area (Å²) < 4.78 is 0. The van der Waals surface area contributed by atoms with E-state index in [2.05, 4.69) is 9.88 Å². The van der Waals surface area contributed by atoms with Gasteiger partial charge in [0, 0.05) is 19.0 Å². The Bertz CT molecular complexity index is 557. The Balaban J connectivity index is 1.51. The van der Waals surface area contributed by atoms with Crippen molar-refractivity contribution in [3.05, 3.63) is 15.6 Å². The predicted octanol–water partition coefficient (Wildman–Crippen LogP) is 4.20. The molecule has 1 aliphatic heterocycles. The minimum Gasteiger partial charge on any atom is -0.335 e. The van der Waals surface area contributed by atoms with Crippen LogP contribution in [0.4, 0.5) is 0 Å². The Morgan fingerprint density at radius 3 is 2.68 bits per heavy atom. The van der Waals surface area contributed by atoms with Crippen LogP contribution in [0.5, 0.6) is 0 Å². The average molecular weight is 318 g/mol. The Morgan fingerprint density at radius 1 is 1.18 bits per heavy atom. The van der Waals surface area contributed by atoms with Gasteiger partial charge in [-0.1, -0.05) is 12.8 Å². The van der Waals surface area contributed by atoms with Crippen LogP contribution in [0.3, 0.4) is 0 Å². The molecule has 0 N–H and O–H groups in total. The number of hydrogen-bond donors (Lipinski definition) is 0. The molecular formula is C18H26N2OS. The normalized spacial score (nSPS) is 26.0. The number of likely N-dealkylation sites (tertiary alicyclic amines) is 1. The van der Waals surface area contributed by atoms with Crippen LogP contribution < -0.4 is 0 Å². The van der Waals surface area contributed by atoms with E-state index in [9.17, 15) is 4.79 Å². The van der Waals surface area contributed by atoms with E-state index in [0.717, 1.165) is 35.4 Å². The molecule has 0 bridgehead atoms. The summed E-state index contributed by atoms with van der Waals surface area (Å²) >= 11 is 1.67. The molecule has 0 spiro atoms. The van der Waals surface area contributed by atoms with E-state index >= 15 is 0 Å². The van der Waals surface area contributed by atoms with Crippen molar-refractivity contribution in [1.29, 1.82) is 0 Å². The molecule has 1 saturated heterocycles. The van der Waals surface area contributed by atoms with E-state index in [4.69, 9.17) is 0 Å². The largest absolute Gasteiger partial charge is 0.335 e. The number of carbonyl (C=O) groups is 1. The van der Waals surface area contributed by atoms with Crippen LogP contribution in [0, 0.1) is 18.8 Å². The lowest BCUT2D eigenvalue weighted by atomic mass is 9.96. The van der Waals surface area contributed by atoms with Crippen molar-refractivity contribution in [3.8, 4) is 0 Å². The molecule has 1 amide bonds. The minimum absolute atomic E-state index is 0.270. The molecule has 1 aromatic rings. The third-order valence-corrected chi connectivity index (χ3v) is 6.87. The van der Waals surface area contributed by atoms with Gasteiger partial charge >= 0.3 is 0 Å². The second-order valence-corrected chi connectivity index (χ2v) is 8.51. The van der Waals surface area contributed by atoms with Crippen LogP contribution in [-0.2, 0) is 6.42 Å². The standard InChI is InChI=1S/C18H26N2OS/c1-12-17(22-16(19-12)11-13-8-9-13)18(21)20-10-4-7-15(20)14-5-2-3-6-14/h13-15H,2-11H2,1H3/t15-/m1/s1. The molecule has 2 heterocycles. The molecule has 0 aromatic carbocycles. The third-order valence-electron chi connectivity index (χ3n) is 5.70. The zero-order valence-electron chi connectivity index (χ0n) is 13.5. The first-order chi connectivity index (χ1) is 10.7. The maximum Gasteiger partial charge on any atom is 0.266 e. The maximum absolute atomic E-state index is 13.0. The highest BCUT2D eigenvalue weighted by atomic mass is 32.1. The monoisotopic (exact) mass is 318 g/mol. The molecule has 120 valence electrons. The fraction of sp³-hybridized carbons (Fsp3) is 0.778. The van der Waals surface area contributed by atoms with Crippen LogP contribution in [-0.4, -0.2) is 28.4 Å². The fourth-order valence-electron chi connectivity index (χ4n) is 4.31. The summed E-state index contributed by atoms with van der Waals surface area (Å²) in [5.41, 5.74) is 0.961. The Labute approximate surface area is 137 Å². The first kappa shape index (κ1) is 14.7. The lowest BCUT2D eigenvalue weighted by Gasteiger charge is -2.29. The van der Waals surface area contributed by atoms with E-state index in [-0.39, 0.29) is 5.91 Å². The van der Waals surface area contributed by atoms with Gasteiger partial charge < -0.3 is 4.90 Å². The average Bonchev–Trinajstić information content (AvgIpc) is 2.96. The first-order valence-electron chi connectivity index (χ1n) is 8.99. The van der Waals surface area contributed by atoms with Gasteiger partial charge in [0.15, 0.2) is 0 Å². The van der Waals surface area contributed by atoms with Gasteiger partial charge in [0.2, 0.25) is 0 Å². The highest BCUT2D eigenvalue weighted by Crippen LogP contribution is 2.38. The molecular weight excluding hydrogens is 292 g/mol. The van der Waals surface area contributed by atoms with Crippen LogP contribution in [0.1, 0.15) is 71.7 Å². The second-order valence-electron chi connectivity index (χ2n) is 7.42. The molecule has 0 radical (unpaired) electrons. The number of nitrogens with zero attached hydrogens (tertiary/aromatic N) is 2. The van der Waals surface area contributed by atoms with E-state index < -0.39 is 0 Å². The second kappa shape index (κ2) is 5.95. The highest BCUT2D eigenvalue weighted by Gasteiger charge is 2.37. The van der Waals surface area contributed by atoms with Gasteiger partial charge in [-0.3, -0.25) is 4.79 Å². The molecule has 3 nitrogen and oxygen atoms in total. The molecule has 1 aromatic heterocycles. The highest BCUT2D eigenvalue weighted by molar-refractivity contribution is 7.13.